The maximum absolute atomic E-state index is 11.9. The fourth-order valence-corrected chi connectivity index (χ4v) is 1.74. The van der Waals surface area contributed by atoms with Crippen LogP contribution >= 0.6 is 0 Å². The van der Waals surface area contributed by atoms with Gasteiger partial charge in [-0.25, -0.2) is 0 Å². The second-order valence-electron chi connectivity index (χ2n) is 5.10. The van der Waals surface area contributed by atoms with E-state index in [9.17, 15) is 4.79 Å². The van der Waals surface area contributed by atoms with Gasteiger partial charge in [0.25, 0.3) is 0 Å². The summed E-state index contributed by atoms with van der Waals surface area (Å²) >= 11 is 0. The van der Waals surface area contributed by atoms with Crippen LogP contribution < -0.4 is 11.1 Å². The topological polar surface area (TPSA) is 55.1 Å². The lowest BCUT2D eigenvalue weighted by Gasteiger charge is -2.20. The summed E-state index contributed by atoms with van der Waals surface area (Å²) in [5.74, 6) is 0.0664. The van der Waals surface area contributed by atoms with Gasteiger partial charge >= 0.3 is 0 Å². The van der Waals surface area contributed by atoms with E-state index in [1.807, 2.05) is 20.8 Å². The lowest BCUT2D eigenvalue weighted by atomic mass is 10.0. The van der Waals surface area contributed by atoms with Crippen LogP contribution in [-0.2, 0) is 11.2 Å². The van der Waals surface area contributed by atoms with E-state index in [4.69, 9.17) is 5.73 Å². The molecule has 0 saturated carbocycles. The molecule has 0 aliphatic heterocycles. The van der Waals surface area contributed by atoms with Crippen LogP contribution in [0.3, 0.4) is 0 Å². The molecule has 2 unspecified atom stereocenters. The third kappa shape index (κ3) is 3.84. The van der Waals surface area contributed by atoms with Crippen molar-refractivity contribution in [2.24, 2.45) is 11.7 Å². The fourth-order valence-electron chi connectivity index (χ4n) is 1.74. The van der Waals surface area contributed by atoms with Crippen molar-refractivity contribution in [3.8, 4) is 0 Å². The molecule has 0 radical (unpaired) electrons. The van der Waals surface area contributed by atoms with Crippen LogP contribution in [0.1, 0.15) is 44.9 Å². The molecule has 3 nitrogen and oxygen atoms in total. The molecule has 18 heavy (non-hydrogen) atoms. The standard InChI is InChI=1S/C15H24N2O/c1-5-12-6-8-13(9-7-12)11(4)17-15(18)14(16)10(2)3/h6-11,14H,5,16H2,1-4H3,(H,17,18). The van der Waals surface area contributed by atoms with Gasteiger partial charge < -0.3 is 11.1 Å². The van der Waals surface area contributed by atoms with Gasteiger partial charge in [0.05, 0.1) is 12.1 Å². The first-order valence-corrected chi connectivity index (χ1v) is 6.60. The van der Waals surface area contributed by atoms with E-state index < -0.39 is 6.04 Å². The van der Waals surface area contributed by atoms with Crippen LogP contribution in [-0.4, -0.2) is 11.9 Å². The average Bonchev–Trinajstić information content (AvgIpc) is 2.37. The van der Waals surface area contributed by atoms with E-state index in [1.165, 1.54) is 5.56 Å². The minimum atomic E-state index is -0.442. The number of carbonyl (C=O) groups is 1. The van der Waals surface area contributed by atoms with Gasteiger partial charge in [-0.2, -0.15) is 0 Å². The van der Waals surface area contributed by atoms with Gasteiger partial charge in [-0.05, 0) is 30.4 Å². The predicted octanol–water partition coefficient (Wildman–Crippen LogP) is 2.41. The molecule has 0 spiro atoms. The molecule has 3 N–H and O–H groups in total. The molecule has 0 bridgehead atoms. The maximum atomic E-state index is 11.9. The van der Waals surface area contributed by atoms with Crippen LogP contribution in [0.5, 0.6) is 0 Å². The first kappa shape index (κ1) is 14.7. The summed E-state index contributed by atoms with van der Waals surface area (Å²) in [6.07, 6.45) is 1.03. The minimum Gasteiger partial charge on any atom is -0.348 e. The zero-order valence-electron chi connectivity index (χ0n) is 11.7. The van der Waals surface area contributed by atoms with Gasteiger partial charge in [-0.15, -0.1) is 0 Å². The summed E-state index contributed by atoms with van der Waals surface area (Å²) in [4.78, 5) is 11.9. The Labute approximate surface area is 110 Å². The van der Waals surface area contributed by atoms with Crippen molar-refractivity contribution in [1.82, 2.24) is 5.32 Å². The van der Waals surface area contributed by atoms with E-state index in [0.717, 1.165) is 12.0 Å². The van der Waals surface area contributed by atoms with E-state index in [0.29, 0.717) is 0 Å². The molecule has 0 aliphatic carbocycles. The van der Waals surface area contributed by atoms with Gasteiger partial charge in [0, 0.05) is 0 Å². The lowest BCUT2D eigenvalue weighted by Crippen LogP contribution is -2.44. The highest BCUT2D eigenvalue weighted by atomic mass is 16.2. The van der Waals surface area contributed by atoms with Crippen molar-refractivity contribution < 1.29 is 4.79 Å². The summed E-state index contributed by atoms with van der Waals surface area (Å²) in [6.45, 7) is 8.00. The summed E-state index contributed by atoms with van der Waals surface area (Å²) in [6, 6.07) is 7.87. The van der Waals surface area contributed by atoms with Crippen molar-refractivity contribution in [3.63, 3.8) is 0 Å². The number of rotatable bonds is 5. The molecule has 0 heterocycles. The molecule has 0 saturated heterocycles. The van der Waals surface area contributed by atoms with E-state index in [-0.39, 0.29) is 17.9 Å². The number of amides is 1. The van der Waals surface area contributed by atoms with E-state index in [2.05, 4.69) is 36.5 Å². The van der Waals surface area contributed by atoms with Crippen LogP contribution in [0, 0.1) is 5.92 Å². The summed E-state index contributed by atoms with van der Waals surface area (Å²) in [5, 5.41) is 2.95. The quantitative estimate of drug-likeness (QED) is 0.840. The Morgan fingerprint density at radius 2 is 1.78 bits per heavy atom. The lowest BCUT2D eigenvalue weighted by molar-refractivity contribution is -0.123. The van der Waals surface area contributed by atoms with E-state index >= 15 is 0 Å². The van der Waals surface area contributed by atoms with Crippen LogP contribution in [0.4, 0.5) is 0 Å². The van der Waals surface area contributed by atoms with Crippen molar-refractivity contribution in [2.75, 3.05) is 0 Å². The van der Waals surface area contributed by atoms with Gasteiger partial charge in [0.15, 0.2) is 0 Å². The zero-order chi connectivity index (χ0) is 13.7. The molecule has 0 aromatic heterocycles. The largest absolute Gasteiger partial charge is 0.348 e. The maximum Gasteiger partial charge on any atom is 0.237 e. The first-order valence-electron chi connectivity index (χ1n) is 6.60. The normalized spacial score (nSPS) is 14.3. The van der Waals surface area contributed by atoms with Crippen LogP contribution in [0.2, 0.25) is 0 Å². The average molecular weight is 248 g/mol. The second-order valence-corrected chi connectivity index (χ2v) is 5.10. The number of nitrogens with two attached hydrogens (primary N) is 1. The fraction of sp³-hybridized carbons (Fsp3) is 0.533. The van der Waals surface area contributed by atoms with Gasteiger partial charge in [-0.3, -0.25) is 4.79 Å². The Balaban J connectivity index is 2.64. The highest BCUT2D eigenvalue weighted by molar-refractivity contribution is 5.82. The molecule has 3 heteroatoms. The molecule has 0 aliphatic rings. The number of nitrogens with one attached hydrogen (secondary N) is 1. The summed E-state index contributed by atoms with van der Waals surface area (Å²) in [5.41, 5.74) is 8.23. The number of hydrogen-bond donors (Lipinski definition) is 2. The Hall–Kier alpha value is -1.35. The molecule has 2 atom stereocenters. The van der Waals surface area contributed by atoms with Crippen molar-refractivity contribution in [2.45, 2.75) is 46.2 Å². The second kappa shape index (κ2) is 6.55. The number of aryl methyl sites for hydroxylation is 1. The number of hydrogen-bond acceptors (Lipinski definition) is 2. The Morgan fingerprint density at radius 3 is 2.22 bits per heavy atom. The number of carbonyl (C=O) groups excluding carboxylic acids is 1. The molecule has 1 aromatic carbocycles. The molecular formula is C15H24N2O. The molecule has 1 amide bonds. The van der Waals surface area contributed by atoms with Crippen molar-refractivity contribution >= 4 is 5.91 Å². The van der Waals surface area contributed by atoms with Crippen LogP contribution in [0.15, 0.2) is 24.3 Å². The molecule has 1 aromatic rings. The smallest absolute Gasteiger partial charge is 0.237 e. The monoisotopic (exact) mass is 248 g/mol. The van der Waals surface area contributed by atoms with Gasteiger partial charge in [0.1, 0.15) is 0 Å². The summed E-state index contributed by atoms with van der Waals surface area (Å²) in [7, 11) is 0. The number of benzene rings is 1. The predicted molar refractivity (Wildman–Crippen MR) is 75.2 cm³/mol. The van der Waals surface area contributed by atoms with E-state index in [1.54, 1.807) is 0 Å². The zero-order valence-corrected chi connectivity index (χ0v) is 11.7. The molecule has 1 rings (SSSR count). The van der Waals surface area contributed by atoms with Gasteiger partial charge in [-0.1, -0.05) is 45.0 Å². The first-order chi connectivity index (χ1) is 8.45. The highest BCUT2D eigenvalue weighted by Crippen LogP contribution is 2.14. The third-order valence-electron chi connectivity index (χ3n) is 3.27. The van der Waals surface area contributed by atoms with Crippen LogP contribution in [0.25, 0.3) is 0 Å². The highest BCUT2D eigenvalue weighted by Gasteiger charge is 2.19. The summed E-state index contributed by atoms with van der Waals surface area (Å²) < 4.78 is 0. The molecule has 0 fully saturated rings. The Bertz CT molecular complexity index is 384. The van der Waals surface area contributed by atoms with Crippen molar-refractivity contribution in [1.29, 1.82) is 0 Å². The van der Waals surface area contributed by atoms with Crippen molar-refractivity contribution in [3.05, 3.63) is 35.4 Å². The Kier molecular flexibility index (Phi) is 5.35. The SMILES string of the molecule is CCc1ccc(C(C)NC(=O)C(N)C(C)C)cc1. The van der Waals surface area contributed by atoms with Gasteiger partial charge in [0.2, 0.25) is 5.91 Å². The third-order valence-corrected chi connectivity index (χ3v) is 3.27. The molecule has 100 valence electrons. The molecular weight excluding hydrogens is 224 g/mol. The Morgan fingerprint density at radius 1 is 1.22 bits per heavy atom. The minimum absolute atomic E-state index is 0.00629.